The van der Waals surface area contributed by atoms with Gasteiger partial charge in [0.05, 0.1) is 0 Å². The van der Waals surface area contributed by atoms with Crippen molar-refractivity contribution in [3.63, 3.8) is 0 Å². The van der Waals surface area contributed by atoms with Gasteiger partial charge in [-0.1, -0.05) is 77.6 Å². The van der Waals surface area contributed by atoms with Crippen LogP contribution < -0.4 is 0 Å². The van der Waals surface area contributed by atoms with E-state index in [4.69, 9.17) is 9.47 Å². The SMILES string of the molecule is CCCCCCCCCC(CC1CCCCC1)(OCC)OCC. The Hall–Kier alpha value is -0.0800. The van der Waals surface area contributed by atoms with Crippen LogP contribution in [-0.4, -0.2) is 19.0 Å². The monoisotopic (exact) mass is 326 g/mol. The summed E-state index contributed by atoms with van der Waals surface area (Å²) >= 11 is 0. The quantitative estimate of drug-likeness (QED) is 0.256. The number of unbranched alkanes of at least 4 members (excludes halogenated alkanes) is 6. The first-order valence-corrected chi connectivity index (χ1v) is 10.5. The fraction of sp³-hybridized carbons (Fsp3) is 1.00. The Morgan fingerprint density at radius 3 is 1.87 bits per heavy atom. The molecule has 0 aliphatic heterocycles. The molecule has 1 rings (SSSR count). The summed E-state index contributed by atoms with van der Waals surface area (Å²) in [6.45, 7) is 8.04. The Bertz CT molecular complexity index is 253. The van der Waals surface area contributed by atoms with Gasteiger partial charge in [-0.3, -0.25) is 0 Å². The molecular formula is C21H42O2. The molecule has 23 heavy (non-hydrogen) atoms. The van der Waals surface area contributed by atoms with Gasteiger partial charge in [0, 0.05) is 26.1 Å². The van der Waals surface area contributed by atoms with Gasteiger partial charge in [0.15, 0.2) is 5.79 Å². The summed E-state index contributed by atoms with van der Waals surface area (Å²) in [7, 11) is 0. The first-order valence-electron chi connectivity index (χ1n) is 10.5. The molecule has 1 aliphatic rings. The largest absolute Gasteiger partial charge is 0.350 e. The predicted molar refractivity (Wildman–Crippen MR) is 99.8 cm³/mol. The van der Waals surface area contributed by atoms with Crippen LogP contribution in [0.2, 0.25) is 0 Å². The van der Waals surface area contributed by atoms with Gasteiger partial charge in [-0.25, -0.2) is 0 Å². The molecule has 0 radical (unpaired) electrons. The molecule has 2 nitrogen and oxygen atoms in total. The van der Waals surface area contributed by atoms with Gasteiger partial charge >= 0.3 is 0 Å². The maximum atomic E-state index is 6.20. The molecule has 138 valence electrons. The molecule has 2 heteroatoms. The molecule has 0 spiro atoms. The average molecular weight is 327 g/mol. The van der Waals surface area contributed by atoms with Gasteiger partial charge < -0.3 is 9.47 Å². The standard InChI is InChI=1S/C21H42O2/c1-4-7-8-9-10-11-15-18-21(22-5-2,23-6-3)19-20-16-13-12-14-17-20/h20H,4-19H2,1-3H3. The zero-order valence-electron chi connectivity index (χ0n) is 16.2. The zero-order chi connectivity index (χ0) is 16.8. The number of ether oxygens (including phenoxy) is 2. The van der Waals surface area contributed by atoms with Crippen molar-refractivity contribution in [1.82, 2.24) is 0 Å². The average Bonchev–Trinajstić information content (AvgIpc) is 2.55. The number of rotatable bonds is 14. The molecule has 0 atom stereocenters. The van der Waals surface area contributed by atoms with Crippen molar-refractivity contribution in [2.45, 2.75) is 116 Å². The molecule has 1 fully saturated rings. The van der Waals surface area contributed by atoms with Gasteiger partial charge in [0.1, 0.15) is 0 Å². The lowest BCUT2D eigenvalue weighted by molar-refractivity contribution is -0.248. The third-order valence-electron chi connectivity index (χ3n) is 5.30. The minimum atomic E-state index is -0.297. The lowest BCUT2D eigenvalue weighted by atomic mass is 9.83. The van der Waals surface area contributed by atoms with Crippen LogP contribution >= 0.6 is 0 Å². The lowest BCUT2D eigenvalue weighted by Crippen LogP contribution is -2.39. The maximum Gasteiger partial charge on any atom is 0.168 e. The molecule has 0 amide bonds. The van der Waals surface area contributed by atoms with E-state index in [0.29, 0.717) is 0 Å². The van der Waals surface area contributed by atoms with Gasteiger partial charge in [-0.15, -0.1) is 0 Å². The highest BCUT2D eigenvalue weighted by Crippen LogP contribution is 2.36. The second kappa shape index (κ2) is 13.2. The van der Waals surface area contributed by atoms with Crippen molar-refractivity contribution >= 4 is 0 Å². The van der Waals surface area contributed by atoms with E-state index >= 15 is 0 Å². The molecule has 0 unspecified atom stereocenters. The normalized spacial score (nSPS) is 16.8. The van der Waals surface area contributed by atoms with E-state index in [-0.39, 0.29) is 5.79 Å². The van der Waals surface area contributed by atoms with Crippen molar-refractivity contribution in [2.24, 2.45) is 5.92 Å². The van der Waals surface area contributed by atoms with Crippen molar-refractivity contribution in [3.05, 3.63) is 0 Å². The topological polar surface area (TPSA) is 18.5 Å². The lowest BCUT2D eigenvalue weighted by Gasteiger charge is -2.37. The number of hydrogen-bond acceptors (Lipinski definition) is 2. The fourth-order valence-electron chi connectivity index (χ4n) is 4.11. The van der Waals surface area contributed by atoms with E-state index in [1.165, 1.54) is 77.0 Å². The molecule has 0 bridgehead atoms. The van der Waals surface area contributed by atoms with E-state index in [9.17, 15) is 0 Å². The van der Waals surface area contributed by atoms with Gasteiger partial charge in [0.25, 0.3) is 0 Å². The molecule has 0 heterocycles. The third-order valence-corrected chi connectivity index (χ3v) is 5.30. The second-order valence-corrected chi connectivity index (χ2v) is 7.36. The molecule has 0 N–H and O–H groups in total. The Balaban J connectivity index is 2.39. The smallest absolute Gasteiger partial charge is 0.168 e. The second-order valence-electron chi connectivity index (χ2n) is 7.36. The first kappa shape index (κ1) is 21.0. The highest BCUT2D eigenvalue weighted by Gasteiger charge is 2.34. The van der Waals surface area contributed by atoms with Crippen LogP contribution in [0.3, 0.4) is 0 Å². The summed E-state index contributed by atoms with van der Waals surface area (Å²) in [5, 5.41) is 0. The van der Waals surface area contributed by atoms with E-state index in [1.54, 1.807) is 0 Å². The van der Waals surface area contributed by atoms with E-state index < -0.39 is 0 Å². The summed E-state index contributed by atoms with van der Waals surface area (Å²) in [6, 6.07) is 0. The summed E-state index contributed by atoms with van der Waals surface area (Å²) in [4.78, 5) is 0. The highest BCUT2D eigenvalue weighted by atomic mass is 16.7. The minimum absolute atomic E-state index is 0.297. The summed E-state index contributed by atoms with van der Waals surface area (Å²) in [6.07, 6.45) is 18.6. The molecule has 0 saturated heterocycles. The van der Waals surface area contributed by atoms with Crippen LogP contribution in [0.5, 0.6) is 0 Å². The Morgan fingerprint density at radius 2 is 1.30 bits per heavy atom. The maximum absolute atomic E-state index is 6.20. The van der Waals surface area contributed by atoms with Crippen LogP contribution in [0, 0.1) is 5.92 Å². The molecule has 0 aromatic rings. The van der Waals surface area contributed by atoms with Crippen LogP contribution in [0.15, 0.2) is 0 Å². The Morgan fingerprint density at radius 1 is 0.739 bits per heavy atom. The van der Waals surface area contributed by atoms with Crippen molar-refractivity contribution in [2.75, 3.05) is 13.2 Å². The predicted octanol–water partition coefficient (Wildman–Crippen LogP) is 6.87. The highest BCUT2D eigenvalue weighted by molar-refractivity contribution is 4.78. The van der Waals surface area contributed by atoms with Gasteiger partial charge in [-0.2, -0.15) is 0 Å². The van der Waals surface area contributed by atoms with E-state index in [1.807, 2.05) is 0 Å². The Kier molecular flexibility index (Phi) is 12.1. The van der Waals surface area contributed by atoms with E-state index in [0.717, 1.165) is 32.0 Å². The summed E-state index contributed by atoms with van der Waals surface area (Å²) in [5.74, 6) is 0.515. The summed E-state index contributed by atoms with van der Waals surface area (Å²) < 4.78 is 12.4. The van der Waals surface area contributed by atoms with Crippen LogP contribution in [-0.2, 0) is 9.47 Å². The molecular weight excluding hydrogens is 284 g/mol. The fourth-order valence-corrected chi connectivity index (χ4v) is 4.11. The molecule has 1 saturated carbocycles. The van der Waals surface area contributed by atoms with Gasteiger partial charge in [0.2, 0.25) is 0 Å². The van der Waals surface area contributed by atoms with Crippen LogP contribution in [0.25, 0.3) is 0 Å². The number of hydrogen-bond donors (Lipinski definition) is 0. The zero-order valence-corrected chi connectivity index (χ0v) is 16.2. The first-order chi connectivity index (χ1) is 11.3. The summed E-state index contributed by atoms with van der Waals surface area (Å²) in [5.41, 5.74) is 0. The van der Waals surface area contributed by atoms with Gasteiger partial charge in [-0.05, 0) is 26.2 Å². The Labute approximate surface area is 145 Å². The molecule has 1 aliphatic carbocycles. The van der Waals surface area contributed by atoms with Crippen molar-refractivity contribution in [3.8, 4) is 0 Å². The van der Waals surface area contributed by atoms with Crippen molar-refractivity contribution < 1.29 is 9.47 Å². The van der Waals surface area contributed by atoms with E-state index in [2.05, 4.69) is 20.8 Å². The minimum Gasteiger partial charge on any atom is -0.350 e. The van der Waals surface area contributed by atoms with Crippen LogP contribution in [0.4, 0.5) is 0 Å². The molecule has 0 aromatic heterocycles. The van der Waals surface area contributed by atoms with Crippen molar-refractivity contribution in [1.29, 1.82) is 0 Å². The van der Waals surface area contributed by atoms with Crippen LogP contribution in [0.1, 0.15) is 111 Å². The third kappa shape index (κ3) is 9.10. The molecule has 0 aromatic carbocycles.